The summed E-state index contributed by atoms with van der Waals surface area (Å²) in [6.45, 7) is 2.46. The first kappa shape index (κ1) is 10.5. The van der Waals surface area contributed by atoms with Gasteiger partial charge in [-0.1, -0.05) is 0 Å². The Morgan fingerprint density at radius 3 is 3.00 bits per heavy atom. The van der Waals surface area contributed by atoms with Crippen molar-refractivity contribution in [3.63, 3.8) is 0 Å². The lowest BCUT2D eigenvalue weighted by Crippen LogP contribution is -2.07. The van der Waals surface area contributed by atoms with Crippen LogP contribution in [0, 0.1) is 0 Å². The van der Waals surface area contributed by atoms with Crippen LogP contribution in [-0.4, -0.2) is 17.1 Å². The van der Waals surface area contributed by atoms with Gasteiger partial charge in [-0.15, -0.1) is 0 Å². The van der Waals surface area contributed by atoms with Gasteiger partial charge in [0.25, 0.3) is 0 Å². The molecule has 4 nitrogen and oxygen atoms in total. The Kier molecular flexibility index (Phi) is 2.81. The number of anilines is 1. The highest BCUT2D eigenvalue weighted by molar-refractivity contribution is 5.83. The summed E-state index contributed by atoms with van der Waals surface area (Å²) in [7, 11) is 0. The van der Waals surface area contributed by atoms with E-state index in [9.17, 15) is 4.79 Å². The van der Waals surface area contributed by atoms with E-state index in [1.165, 1.54) is 6.92 Å². The van der Waals surface area contributed by atoms with Crippen LogP contribution in [0.15, 0.2) is 30.5 Å². The van der Waals surface area contributed by atoms with Crippen LogP contribution >= 0.6 is 0 Å². The molecule has 0 amide bonds. The van der Waals surface area contributed by atoms with E-state index in [0.717, 1.165) is 16.6 Å². The molecule has 0 aliphatic carbocycles. The molecule has 0 atom stereocenters. The lowest BCUT2D eigenvalue weighted by molar-refractivity contribution is -0.141. The van der Waals surface area contributed by atoms with Crippen LogP contribution in [-0.2, 0) is 16.1 Å². The smallest absolute Gasteiger partial charge is 0.302 e. The summed E-state index contributed by atoms with van der Waals surface area (Å²) >= 11 is 0. The predicted octanol–water partition coefficient (Wildman–Crippen LogP) is 1.79. The number of nitrogen functional groups attached to an aromatic ring is 1. The first-order valence-corrected chi connectivity index (χ1v) is 5.14. The molecule has 0 unspecified atom stereocenters. The standard InChI is InChI=1S/C12H14N2O2/c1-9(15)16-7-6-14-5-4-10-8-11(13)2-3-12(10)14/h2-5,8H,6-7,13H2,1H3. The molecule has 16 heavy (non-hydrogen) atoms. The zero-order valence-corrected chi connectivity index (χ0v) is 9.14. The third-order valence-electron chi connectivity index (χ3n) is 2.43. The van der Waals surface area contributed by atoms with Crippen LogP contribution in [0.1, 0.15) is 6.92 Å². The molecule has 0 radical (unpaired) electrons. The molecule has 0 aliphatic rings. The maximum atomic E-state index is 10.6. The highest BCUT2D eigenvalue weighted by Gasteiger charge is 2.01. The van der Waals surface area contributed by atoms with Gasteiger partial charge in [-0.05, 0) is 24.3 Å². The predicted molar refractivity (Wildman–Crippen MR) is 63.0 cm³/mol. The van der Waals surface area contributed by atoms with Gasteiger partial charge >= 0.3 is 5.97 Å². The second kappa shape index (κ2) is 4.26. The summed E-state index contributed by atoms with van der Waals surface area (Å²) in [6.07, 6.45) is 1.97. The quantitative estimate of drug-likeness (QED) is 0.631. The van der Waals surface area contributed by atoms with E-state index in [1.807, 2.05) is 35.0 Å². The number of nitrogens with two attached hydrogens (primary N) is 1. The van der Waals surface area contributed by atoms with Gasteiger partial charge in [0.1, 0.15) is 6.61 Å². The van der Waals surface area contributed by atoms with Crippen LogP contribution in [0.2, 0.25) is 0 Å². The first-order valence-electron chi connectivity index (χ1n) is 5.14. The van der Waals surface area contributed by atoms with Crippen molar-refractivity contribution >= 4 is 22.6 Å². The molecule has 1 aromatic heterocycles. The number of hydrogen-bond acceptors (Lipinski definition) is 3. The van der Waals surface area contributed by atoms with Crippen LogP contribution < -0.4 is 5.73 Å². The van der Waals surface area contributed by atoms with Crippen molar-refractivity contribution in [1.29, 1.82) is 0 Å². The average Bonchev–Trinajstić information content (AvgIpc) is 2.60. The molecule has 1 heterocycles. The van der Waals surface area contributed by atoms with E-state index in [4.69, 9.17) is 10.5 Å². The SMILES string of the molecule is CC(=O)OCCn1ccc2cc(N)ccc21. The lowest BCUT2D eigenvalue weighted by atomic mass is 10.2. The van der Waals surface area contributed by atoms with E-state index >= 15 is 0 Å². The zero-order valence-electron chi connectivity index (χ0n) is 9.14. The zero-order chi connectivity index (χ0) is 11.5. The molecule has 84 valence electrons. The van der Waals surface area contributed by atoms with Crippen molar-refractivity contribution in [2.24, 2.45) is 0 Å². The van der Waals surface area contributed by atoms with E-state index in [0.29, 0.717) is 13.2 Å². The fraction of sp³-hybridized carbons (Fsp3) is 0.250. The summed E-state index contributed by atoms with van der Waals surface area (Å²) in [5, 5.41) is 1.10. The van der Waals surface area contributed by atoms with Gasteiger partial charge in [-0.3, -0.25) is 4.79 Å². The number of rotatable bonds is 3. The fourth-order valence-electron chi connectivity index (χ4n) is 1.70. The number of aromatic nitrogens is 1. The number of nitrogens with zero attached hydrogens (tertiary/aromatic N) is 1. The van der Waals surface area contributed by atoms with E-state index < -0.39 is 0 Å². The Bertz CT molecular complexity index is 517. The Morgan fingerprint density at radius 1 is 1.44 bits per heavy atom. The van der Waals surface area contributed by atoms with Crippen LogP contribution in [0.3, 0.4) is 0 Å². The van der Waals surface area contributed by atoms with Gasteiger partial charge in [-0.25, -0.2) is 0 Å². The van der Waals surface area contributed by atoms with Gasteiger partial charge in [0.2, 0.25) is 0 Å². The summed E-state index contributed by atoms with van der Waals surface area (Å²) in [5.74, 6) is -0.249. The molecular formula is C12H14N2O2. The molecule has 0 fully saturated rings. The summed E-state index contributed by atoms with van der Waals surface area (Å²) < 4.78 is 6.94. The molecular weight excluding hydrogens is 204 g/mol. The largest absolute Gasteiger partial charge is 0.464 e. The Morgan fingerprint density at radius 2 is 2.25 bits per heavy atom. The monoisotopic (exact) mass is 218 g/mol. The van der Waals surface area contributed by atoms with E-state index in [2.05, 4.69) is 0 Å². The average molecular weight is 218 g/mol. The Labute approximate surface area is 93.6 Å². The highest BCUT2D eigenvalue weighted by Crippen LogP contribution is 2.18. The lowest BCUT2D eigenvalue weighted by Gasteiger charge is -2.05. The number of hydrogen-bond donors (Lipinski definition) is 1. The maximum Gasteiger partial charge on any atom is 0.302 e. The molecule has 0 spiro atoms. The number of fused-ring (bicyclic) bond motifs is 1. The van der Waals surface area contributed by atoms with Crippen LogP contribution in [0.4, 0.5) is 5.69 Å². The molecule has 0 saturated heterocycles. The molecule has 4 heteroatoms. The number of ether oxygens (including phenoxy) is 1. The minimum atomic E-state index is -0.249. The van der Waals surface area contributed by atoms with Gasteiger partial charge in [0.15, 0.2) is 0 Å². The molecule has 0 bridgehead atoms. The van der Waals surface area contributed by atoms with Crippen LogP contribution in [0.25, 0.3) is 10.9 Å². The van der Waals surface area contributed by atoms with E-state index in [1.54, 1.807) is 0 Å². The van der Waals surface area contributed by atoms with Gasteiger partial charge in [0, 0.05) is 29.7 Å². The second-order valence-electron chi connectivity index (χ2n) is 3.67. The highest BCUT2D eigenvalue weighted by atomic mass is 16.5. The number of benzene rings is 1. The topological polar surface area (TPSA) is 57.2 Å². The molecule has 2 aromatic rings. The fourth-order valence-corrected chi connectivity index (χ4v) is 1.70. The molecule has 2 N–H and O–H groups in total. The number of carbonyl (C=O) groups is 1. The normalized spacial score (nSPS) is 10.6. The third kappa shape index (κ3) is 2.16. The van der Waals surface area contributed by atoms with Crippen molar-refractivity contribution in [2.45, 2.75) is 13.5 Å². The van der Waals surface area contributed by atoms with Crippen molar-refractivity contribution in [2.75, 3.05) is 12.3 Å². The second-order valence-corrected chi connectivity index (χ2v) is 3.67. The maximum absolute atomic E-state index is 10.6. The van der Waals surface area contributed by atoms with Crippen molar-refractivity contribution in [1.82, 2.24) is 4.57 Å². The Hall–Kier alpha value is -1.97. The molecule has 0 saturated carbocycles. The first-order chi connectivity index (χ1) is 7.66. The van der Waals surface area contributed by atoms with Crippen molar-refractivity contribution in [3.05, 3.63) is 30.5 Å². The van der Waals surface area contributed by atoms with Gasteiger partial charge < -0.3 is 15.0 Å². The van der Waals surface area contributed by atoms with Crippen LogP contribution in [0.5, 0.6) is 0 Å². The van der Waals surface area contributed by atoms with Crippen molar-refractivity contribution < 1.29 is 9.53 Å². The summed E-state index contributed by atoms with van der Waals surface area (Å²) in [4.78, 5) is 10.6. The summed E-state index contributed by atoms with van der Waals surface area (Å²) in [5.41, 5.74) is 7.55. The summed E-state index contributed by atoms with van der Waals surface area (Å²) in [6, 6.07) is 7.76. The Balaban J connectivity index is 2.15. The minimum Gasteiger partial charge on any atom is -0.464 e. The van der Waals surface area contributed by atoms with Gasteiger partial charge in [-0.2, -0.15) is 0 Å². The molecule has 0 aliphatic heterocycles. The minimum absolute atomic E-state index is 0.249. The number of carbonyl (C=O) groups excluding carboxylic acids is 1. The van der Waals surface area contributed by atoms with Crippen molar-refractivity contribution in [3.8, 4) is 0 Å². The third-order valence-corrected chi connectivity index (χ3v) is 2.43. The van der Waals surface area contributed by atoms with Gasteiger partial charge in [0.05, 0.1) is 6.54 Å². The number of esters is 1. The molecule has 1 aromatic carbocycles. The molecule has 2 rings (SSSR count). The van der Waals surface area contributed by atoms with E-state index in [-0.39, 0.29) is 5.97 Å².